The van der Waals surface area contributed by atoms with E-state index in [4.69, 9.17) is 8.85 Å². The van der Waals surface area contributed by atoms with Gasteiger partial charge in [-0.05, 0) is 51.1 Å². The third kappa shape index (κ3) is 6.59. The molecule has 0 spiro atoms. The number of fused-ring (bicyclic) bond motifs is 1. The molecule has 1 aromatic heterocycles. The summed E-state index contributed by atoms with van der Waals surface area (Å²) in [7, 11) is 0. The van der Waals surface area contributed by atoms with Crippen LogP contribution in [0, 0.1) is 24.1 Å². The van der Waals surface area contributed by atoms with Crippen LogP contribution in [0.15, 0.2) is 11.0 Å². The highest BCUT2D eigenvalue weighted by Gasteiger charge is 2.52. The van der Waals surface area contributed by atoms with Gasteiger partial charge in [0.1, 0.15) is 5.78 Å². The van der Waals surface area contributed by atoms with Crippen LogP contribution in [0.2, 0.25) is 0 Å². The van der Waals surface area contributed by atoms with Crippen molar-refractivity contribution in [2.24, 2.45) is 17.3 Å². The Bertz CT molecular complexity index is 1060. The number of carbonyl (C=O) groups excluding carboxylic acids is 2. The van der Waals surface area contributed by atoms with Crippen molar-refractivity contribution in [1.82, 2.24) is 10.3 Å². The number of aromatic nitrogens is 1. The maximum absolute atomic E-state index is 13.3. The van der Waals surface area contributed by atoms with Crippen LogP contribution in [0.1, 0.15) is 88.5 Å². The van der Waals surface area contributed by atoms with Crippen molar-refractivity contribution < 1.29 is 28.7 Å². The molecule has 8 heteroatoms. The minimum atomic E-state index is -2.28. The van der Waals surface area contributed by atoms with E-state index in [0.29, 0.717) is 12.1 Å². The van der Waals surface area contributed by atoms with Gasteiger partial charge < -0.3 is 20.3 Å². The molecule has 2 aliphatic rings. The fourth-order valence-corrected chi connectivity index (χ4v) is 5.61. The number of aliphatic hydroxyl groups is 2. The van der Waals surface area contributed by atoms with Crippen LogP contribution in [0.25, 0.3) is 6.08 Å². The molecule has 0 aliphatic carbocycles. The lowest BCUT2D eigenvalue weighted by Gasteiger charge is -2.34. The molecule has 1 amide bonds. The molecule has 0 aromatic carbocycles. The van der Waals surface area contributed by atoms with Crippen LogP contribution in [-0.2, 0) is 14.3 Å². The number of nitrogens with zero attached hydrogens (tertiary/aromatic N) is 1. The Balaban J connectivity index is 1.87. The van der Waals surface area contributed by atoms with Crippen molar-refractivity contribution >= 4 is 29.1 Å². The molecule has 7 atom stereocenters. The molecule has 196 valence electrons. The van der Waals surface area contributed by atoms with Crippen molar-refractivity contribution in [1.29, 1.82) is 0 Å². The molecule has 0 radical (unpaired) electrons. The number of amides is 1. The molecule has 0 saturated carbocycles. The summed E-state index contributed by atoms with van der Waals surface area (Å²) in [6.07, 6.45) is 2.19. The van der Waals surface area contributed by atoms with Crippen LogP contribution in [0.5, 0.6) is 0 Å². The summed E-state index contributed by atoms with van der Waals surface area (Å²) < 4.78 is 28.8. The predicted molar refractivity (Wildman–Crippen MR) is 138 cm³/mol. The molecule has 7 nitrogen and oxygen atoms in total. The third-order valence-corrected chi connectivity index (χ3v) is 8.63. The maximum Gasteiger partial charge on any atom is 0.223 e. The molecular formula is C27H42N2O5S. The summed E-state index contributed by atoms with van der Waals surface area (Å²) >= 11 is 1.07. The van der Waals surface area contributed by atoms with Gasteiger partial charge in [-0.1, -0.05) is 34.1 Å². The average Bonchev–Trinajstić information content (AvgIpc) is 3.20. The summed E-state index contributed by atoms with van der Waals surface area (Å²) in [5.74, 6) is -1.46. The quantitative estimate of drug-likeness (QED) is 0.519. The van der Waals surface area contributed by atoms with E-state index in [0.717, 1.165) is 36.2 Å². The minimum Gasteiger partial charge on any atom is -0.392 e. The standard InChI is InChI=1S/C27H42N2O5S/c1-15-9-8-10-27(7)22(34-27)12-20(16(2)11-19-14-35-18(4)28-19)29-23(31)13-21(30)26(5,6)25(33)17(3)24(15)32/h11,14-15,17,20-22,24,30,32H,8-10,12-13H2,1-7H3,(H,29,31)/b16-11+/t15-,17+,20-,21-,22-,24-,27+/m0/s1/i4D3. The van der Waals surface area contributed by atoms with Crippen LogP contribution in [0.3, 0.4) is 0 Å². The smallest absolute Gasteiger partial charge is 0.223 e. The highest BCUT2D eigenvalue weighted by molar-refractivity contribution is 7.09. The van der Waals surface area contributed by atoms with E-state index < -0.39 is 42.3 Å². The molecule has 0 bridgehead atoms. The van der Waals surface area contributed by atoms with Crippen molar-refractivity contribution in [3.63, 3.8) is 0 Å². The summed E-state index contributed by atoms with van der Waals surface area (Å²) in [4.78, 5) is 30.6. The Kier molecular flexibility index (Phi) is 7.33. The zero-order chi connectivity index (χ0) is 28.6. The highest BCUT2D eigenvalue weighted by atomic mass is 32.1. The highest BCUT2D eigenvalue weighted by Crippen LogP contribution is 2.44. The second kappa shape index (κ2) is 10.8. The summed E-state index contributed by atoms with van der Waals surface area (Å²) in [6, 6.07) is -0.425. The Hall–Kier alpha value is -1.61. The van der Waals surface area contributed by atoms with Crippen LogP contribution in [0.4, 0.5) is 0 Å². The number of hydrogen-bond acceptors (Lipinski definition) is 7. The first-order chi connectivity index (χ1) is 17.5. The average molecular weight is 510 g/mol. The number of ketones is 1. The van der Waals surface area contributed by atoms with E-state index in [1.165, 1.54) is 0 Å². The summed E-state index contributed by atoms with van der Waals surface area (Å²) in [5.41, 5.74) is -0.273. The number of carbonyl (C=O) groups is 2. The van der Waals surface area contributed by atoms with E-state index in [-0.39, 0.29) is 34.8 Å². The molecule has 3 rings (SSSR count). The first kappa shape index (κ1) is 23.8. The van der Waals surface area contributed by atoms with Crippen molar-refractivity contribution in [3.05, 3.63) is 21.7 Å². The van der Waals surface area contributed by atoms with Crippen molar-refractivity contribution in [2.45, 2.75) is 110 Å². The Labute approximate surface area is 217 Å². The number of rotatable bonds is 2. The lowest BCUT2D eigenvalue weighted by Crippen LogP contribution is -2.47. The largest absolute Gasteiger partial charge is 0.392 e. The van der Waals surface area contributed by atoms with Gasteiger partial charge >= 0.3 is 0 Å². The van der Waals surface area contributed by atoms with E-state index in [1.807, 2.05) is 20.8 Å². The number of nitrogens with one attached hydrogen (secondary N) is 1. The molecule has 2 saturated heterocycles. The number of epoxide rings is 1. The molecular weight excluding hydrogens is 464 g/mol. The normalized spacial score (nSPS) is 39.1. The number of aliphatic hydroxyl groups excluding tert-OH is 2. The van der Waals surface area contributed by atoms with Gasteiger partial charge in [0, 0.05) is 21.8 Å². The Morgan fingerprint density at radius 2 is 2.03 bits per heavy atom. The third-order valence-electron chi connectivity index (χ3n) is 7.96. The van der Waals surface area contributed by atoms with Gasteiger partial charge in [-0.25, -0.2) is 4.98 Å². The summed E-state index contributed by atoms with van der Waals surface area (Å²) in [6.45, 7) is 8.46. The minimum absolute atomic E-state index is 0.0558. The van der Waals surface area contributed by atoms with Gasteiger partial charge in [-0.3, -0.25) is 9.59 Å². The summed E-state index contributed by atoms with van der Waals surface area (Å²) in [5, 5.41) is 26.5. The lowest BCUT2D eigenvalue weighted by atomic mass is 9.72. The van der Waals surface area contributed by atoms with E-state index in [1.54, 1.807) is 32.2 Å². The topological polar surface area (TPSA) is 112 Å². The number of hydrogen-bond donors (Lipinski definition) is 3. The van der Waals surface area contributed by atoms with Crippen LogP contribution >= 0.6 is 11.3 Å². The number of aryl methyl sites for hydroxylation is 1. The molecule has 1 aromatic rings. The molecule has 3 heterocycles. The van der Waals surface area contributed by atoms with E-state index >= 15 is 0 Å². The molecule has 35 heavy (non-hydrogen) atoms. The van der Waals surface area contributed by atoms with Gasteiger partial charge in [-0.2, -0.15) is 0 Å². The fourth-order valence-electron chi connectivity index (χ4n) is 5.10. The van der Waals surface area contributed by atoms with Crippen molar-refractivity contribution in [2.75, 3.05) is 0 Å². The first-order valence-electron chi connectivity index (χ1n) is 14.0. The van der Waals surface area contributed by atoms with E-state index in [2.05, 4.69) is 10.3 Å². The molecule has 2 aliphatic heterocycles. The van der Waals surface area contributed by atoms with Crippen LogP contribution in [-0.4, -0.2) is 56.8 Å². The fraction of sp³-hybridized carbons (Fsp3) is 0.741. The van der Waals surface area contributed by atoms with Gasteiger partial charge in [-0.15, -0.1) is 11.3 Å². The van der Waals surface area contributed by atoms with Crippen LogP contribution < -0.4 is 5.32 Å². The van der Waals surface area contributed by atoms with E-state index in [9.17, 15) is 19.8 Å². The second-order valence-electron chi connectivity index (χ2n) is 11.2. The number of thiazole rings is 1. The van der Waals surface area contributed by atoms with Gasteiger partial charge in [0.15, 0.2) is 0 Å². The molecule has 3 N–H and O–H groups in total. The van der Waals surface area contributed by atoms with Crippen molar-refractivity contribution in [3.8, 4) is 0 Å². The predicted octanol–water partition coefficient (Wildman–Crippen LogP) is 4.05. The molecule has 2 fully saturated rings. The van der Waals surface area contributed by atoms with Gasteiger partial charge in [0.05, 0.1) is 52.5 Å². The van der Waals surface area contributed by atoms with Gasteiger partial charge in [0.2, 0.25) is 5.91 Å². The number of Topliss-reactive ketones (excluding diaryl/α,β-unsaturated/α-hetero) is 1. The van der Waals surface area contributed by atoms with Gasteiger partial charge in [0.25, 0.3) is 0 Å². The number of ether oxygens (including phenoxy) is 1. The Morgan fingerprint density at radius 1 is 1.31 bits per heavy atom. The maximum atomic E-state index is 13.3. The monoisotopic (exact) mass is 509 g/mol. The lowest BCUT2D eigenvalue weighted by molar-refractivity contribution is -0.143. The Morgan fingerprint density at radius 3 is 2.69 bits per heavy atom. The SMILES string of the molecule is [2H]C([2H])([2H])c1nc(/C=C(\C)[C@@H]2C[C@@H]3O[C@]3(C)CCC[C@H](C)[C@H](O)[C@@H](C)C(=O)C(C)(C)[C@@H](O)CC(=O)N2)cs1. The zero-order valence-corrected chi connectivity index (χ0v) is 22.4. The molecule has 0 unspecified atom stereocenters. The second-order valence-corrected chi connectivity index (χ2v) is 12.1. The first-order valence-corrected chi connectivity index (χ1v) is 13.4. The zero-order valence-electron chi connectivity index (χ0n) is 24.6.